The van der Waals surface area contributed by atoms with Gasteiger partial charge in [-0.15, -0.1) is 0 Å². The van der Waals surface area contributed by atoms with Gasteiger partial charge in [0.15, 0.2) is 5.82 Å². The van der Waals surface area contributed by atoms with Crippen LogP contribution in [0.1, 0.15) is 19.8 Å². The summed E-state index contributed by atoms with van der Waals surface area (Å²) in [5, 5.41) is 0.445. The van der Waals surface area contributed by atoms with Crippen LogP contribution in [0.4, 0.5) is 11.6 Å². The highest BCUT2D eigenvalue weighted by Gasteiger charge is 2.25. The second-order valence-corrected chi connectivity index (χ2v) is 5.08. The summed E-state index contributed by atoms with van der Waals surface area (Å²) in [6.07, 6.45) is 3.96. The Labute approximate surface area is 113 Å². The SMILES string of the molecule is CCN1CCCC1CN(C)c1ncnc(N)c1Cl. The molecule has 2 N–H and O–H groups in total. The van der Waals surface area contributed by atoms with Crippen molar-refractivity contribution in [2.45, 2.75) is 25.8 Å². The van der Waals surface area contributed by atoms with Crippen LogP contribution < -0.4 is 10.6 Å². The van der Waals surface area contributed by atoms with Crippen LogP contribution in [0.3, 0.4) is 0 Å². The Hall–Kier alpha value is -1.07. The third-order valence-electron chi connectivity index (χ3n) is 3.55. The predicted octanol–water partition coefficient (Wildman–Crippen LogP) is 1.63. The Morgan fingerprint density at radius 1 is 1.56 bits per heavy atom. The molecule has 1 aromatic heterocycles. The van der Waals surface area contributed by atoms with Crippen LogP contribution in [0, 0.1) is 0 Å². The van der Waals surface area contributed by atoms with Gasteiger partial charge in [0.1, 0.15) is 17.2 Å². The fraction of sp³-hybridized carbons (Fsp3) is 0.667. The van der Waals surface area contributed by atoms with Gasteiger partial charge in [0, 0.05) is 19.6 Å². The summed E-state index contributed by atoms with van der Waals surface area (Å²) in [5.74, 6) is 1.06. The molecule has 1 saturated heterocycles. The predicted molar refractivity (Wildman–Crippen MR) is 75.0 cm³/mol. The summed E-state index contributed by atoms with van der Waals surface area (Å²) in [6, 6.07) is 0.576. The number of anilines is 2. The van der Waals surface area contributed by atoms with Gasteiger partial charge in [-0.3, -0.25) is 4.90 Å². The number of hydrogen-bond acceptors (Lipinski definition) is 5. The topological polar surface area (TPSA) is 58.3 Å². The fourth-order valence-electron chi connectivity index (χ4n) is 2.56. The van der Waals surface area contributed by atoms with Crippen LogP contribution >= 0.6 is 11.6 Å². The van der Waals surface area contributed by atoms with E-state index in [1.165, 1.54) is 25.7 Å². The third kappa shape index (κ3) is 2.67. The van der Waals surface area contributed by atoms with E-state index in [1.54, 1.807) is 0 Å². The van der Waals surface area contributed by atoms with Gasteiger partial charge in [0.25, 0.3) is 0 Å². The average molecular weight is 270 g/mol. The van der Waals surface area contributed by atoms with Crippen LogP contribution in [0.5, 0.6) is 0 Å². The van der Waals surface area contributed by atoms with Gasteiger partial charge in [-0.2, -0.15) is 0 Å². The van der Waals surface area contributed by atoms with E-state index in [0.717, 1.165) is 13.1 Å². The van der Waals surface area contributed by atoms with Gasteiger partial charge in [-0.05, 0) is 25.9 Å². The molecule has 2 heterocycles. The molecule has 0 aromatic carbocycles. The molecule has 0 aliphatic carbocycles. The quantitative estimate of drug-likeness (QED) is 0.900. The van der Waals surface area contributed by atoms with Crippen molar-refractivity contribution in [1.82, 2.24) is 14.9 Å². The number of aromatic nitrogens is 2. The lowest BCUT2D eigenvalue weighted by molar-refractivity contribution is 0.270. The molecule has 1 aliphatic rings. The maximum atomic E-state index is 6.14. The van der Waals surface area contributed by atoms with E-state index in [2.05, 4.69) is 26.7 Å². The van der Waals surface area contributed by atoms with Gasteiger partial charge < -0.3 is 10.6 Å². The van der Waals surface area contributed by atoms with Gasteiger partial charge in [0.2, 0.25) is 0 Å². The van der Waals surface area contributed by atoms with E-state index < -0.39 is 0 Å². The molecule has 2 rings (SSSR count). The highest BCUT2D eigenvalue weighted by Crippen LogP contribution is 2.27. The molecule has 1 aliphatic heterocycles. The summed E-state index contributed by atoms with van der Waals surface area (Å²) in [5.41, 5.74) is 5.70. The van der Waals surface area contributed by atoms with Crippen LogP contribution in [0.25, 0.3) is 0 Å². The largest absolute Gasteiger partial charge is 0.382 e. The normalized spacial score (nSPS) is 20.3. The van der Waals surface area contributed by atoms with Crippen molar-refractivity contribution < 1.29 is 0 Å². The molecule has 1 fully saturated rings. The minimum Gasteiger partial charge on any atom is -0.382 e. The number of nitrogens with zero attached hydrogens (tertiary/aromatic N) is 4. The van der Waals surface area contributed by atoms with E-state index in [0.29, 0.717) is 22.7 Å². The number of hydrogen-bond donors (Lipinski definition) is 1. The number of likely N-dealkylation sites (tertiary alicyclic amines) is 1. The van der Waals surface area contributed by atoms with Crippen molar-refractivity contribution in [2.24, 2.45) is 0 Å². The first-order valence-corrected chi connectivity index (χ1v) is 6.72. The highest BCUT2D eigenvalue weighted by molar-refractivity contribution is 6.35. The molecule has 5 nitrogen and oxygen atoms in total. The summed E-state index contributed by atoms with van der Waals surface area (Å²) in [6.45, 7) is 5.41. The third-order valence-corrected chi connectivity index (χ3v) is 3.91. The van der Waals surface area contributed by atoms with Gasteiger partial charge in [-0.1, -0.05) is 18.5 Å². The summed E-state index contributed by atoms with van der Waals surface area (Å²) in [4.78, 5) is 12.7. The highest BCUT2D eigenvalue weighted by atomic mass is 35.5. The summed E-state index contributed by atoms with van der Waals surface area (Å²) < 4.78 is 0. The lowest BCUT2D eigenvalue weighted by Crippen LogP contribution is -2.39. The Bertz CT molecular complexity index is 411. The second kappa shape index (κ2) is 5.71. The molecule has 1 unspecified atom stereocenters. The van der Waals surface area contributed by atoms with Gasteiger partial charge >= 0.3 is 0 Å². The molecule has 0 bridgehead atoms. The molecule has 1 atom stereocenters. The van der Waals surface area contributed by atoms with E-state index in [9.17, 15) is 0 Å². The molecule has 100 valence electrons. The number of halogens is 1. The smallest absolute Gasteiger partial charge is 0.152 e. The molecule has 0 saturated carbocycles. The Kier molecular flexibility index (Phi) is 4.24. The Morgan fingerprint density at radius 3 is 3.06 bits per heavy atom. The number of rotatable bonds is 4. The van der Waals surface area contributed by atoms with Crippen LogP contribution in [-0.4, -0.2) is 47.6 Å². The zero-order valence-corrected chi connectivity index (χ0v) is 11.7. The van der Waals surface area contributed by atoms with E-state index in [-0.39, 0.29) is 0 Å². The first-order valence-electron chi connectivity index (χ1n) is 6.34. The molecular formula is C12H20ClN5. The molecule has 0 spiro atoms. The minimum absolute atomic E-state index is 0.340. The van der Waals surface area contributed by atoms with Crippen molar-refractivity contribution in [3.63, 3.8) is 0 Å². The fourth-order valence-corrected chi connectivity index (χ4v) is 2.80. The Balaban J connectivity index is 2.07. The molecule has 0 radical (unpaired) electrons. The molecule has 0 amide bonds. The van der Waals surface area contributed by atoms with Crippen LogP contribution in [0.2, 0.25) is 5.02 Å². The zero-order valence-electron chi connectivity index (χ0n) is 10.9. The average Bonchev–Trinajstić information content (AvgIpc) is 2.79. The lowest BCUT2D eigenvalue weighted by atomic mass is 10.2. The molecule has 1 aromatic rings. The minimum atomic E-state index is 0.340. The van der Waals surface area contributed by atoms with E-state index in [1.807, 2.05) is 7.05 Å². The number of nitrogens with two attached hydrogens (primary N) is 1. The summed E-state index contributed by atoms with van der Waals surface area (Å²) in [7, 11) is 2.00. The maximum Gasteiger partial charge on any atom is 0.152 e. The molecular weight excluding hydrogens is 250 g/mol. The van der Waals surface area contributed by atoms with Crippen LogP contribution in [-0.2, 0) is 0 Å². The van der Waals surface area contributed by atoms with E-state index in [4.69, 9.17) is 17.3 Å². The molecule has 6 heteroatoms. The van der Waals surface area contributed by atoms with Crippen molar-refractivity contribution in [3.05, 3.63) is 11.3 Å². The number of likely N-dealkylation sites (N-methyl/N-ethyl adjacent to an activating group) is 2. The van der Waals surface area contributed by atoms with Crippen molar-refractivity contribution in [2.75, 3.05) is 37.3 Å². The zero-order chi connectivity index (χ0) is 13.1. The maximum absolute atomic E-state index is 6.14. The monoisotopic (exact) mass is 269 g/mol. The summed E-state index contributed by atoms with van der Waals surface area (Å²) >= 11 is 6.14. The first kappa shape index (κ1) is 13.4. The first-order chi connectivity index (χ1) is 8.63. The number of nitrogen functional groups attached to an aromatic ring is 1. The van der Waals surface area contributed by atoms with Gasteiger partial charge in [-0.25, -0.2) is 9.97 Å². The molecule has 18 heavy (non-hydrogen) atoms. The van der Waals surface area contributed by atoms with Crippen molar-refractivity contribution in [3.8, 4) is 0 Å². The Morgan fingerprint density at radius 2 is 2.33 bits per heavy atom. The van der Waals surface area contributed by atoms with E-state index >= 15 is 0 Å². The van der Waals surface area contributed by atoms with Crippen LogP contribution in [0.15, 0.2) is 6.33 Å². The van der Waals surface area contributed by atoms with Crippen molar-refractivity contribution >= 4 is 23.2 Å². The second-order valence-electron chi connectivity index (χ2n) is 4.70. The van der Waals surface area contributed by atoms with Gasteiger partial charge in [0.05, 0.1) is 0 Å². The van der Waals surface area contributed by atoms with Crippen molar-refractivity contribution in [1.29, 1.82) is 0 Å². The standard InChI is InChI=1S/C12H20ClN5/c1-3-18-6-4-5-9(18)7-17(2)12-10(13)11(14)15-8-16-12/h8-9H,3-7H2,1-2H3,(H2,14,15,16). The lowest BCUT2D eigenvalue weighted by Gasteiger charge is -2.28.